The van der Waals surface area contributed by atoms with Gasteiger partial charge in [-0.2, -0.15) is 5.10 Å². The number of thiazole rings is 1. The highest BCUT2D eigenvalue weighted by molar-refractivity contribution is 7.07. The average molecular weight is 483 g/mol. The summed E-state index contributed by atoms with van der Waals surface area (Å²) in [7, 11) is 0. The number of carbonyl (C=O) groups excluding carboxylic acids is 1. The minimum atomic E-state index is -0.155. The van der Waals surface area contributed by atoms with Crippen LogP contribution in [0.4, 0.5) is 5.69 Å². The fraction of sp³-hybridized carbons (Fsp3) is 0.179. The van der Waals surface area contributed by atoms with Crippen molar-refractivity contribution < 1.29 is 9.53 Å². The molecule has 0 unspecified atom stereocenters. The molecule has 6 nitrogen and oxygen atoms in total. The van der Waals surface area contributed by atoms with Crippen LogP contribution in [0.15, 0.2) is 88.3 Å². The Morgan fingerprint density at radius 1 is 1.06 bits per heavy atom. The van der Waals surface area contributed by atoms with E-state index in [0.717, 1.165) is 34.5 Å². The van der Waals surface area contributed by atoms with Crippen LogP contribution in [-0.2, 0) is 17.6 Å². The molecule has 176 valence electrons. The van der Waals surface area contributed by atoms with Crippen LogP contribution < -0.4 is 14.9 Å². The van der Waals surface area contributed by atoms with Gasteiger partial charge in [-0.05, 0) is 47.7 Å². The molecule has 2 heterocycles. The SMILES string of the molecule is CCc1ccc(C=Nn2c(-c3ccc4c(c3)NC(=O)CO4)csc2=NCCc2ccccc2)cc1. The smallest absolute Gasteiger partial charge is 0.262 e. The van der Waals surface area contributed by atoms with E-state index in [2.05, 4.69) is 48.6 Å². The van der Waals surface area contributed by atoms with Crippen LogP contribution in [0.2, 0.25) is 0 Å². The molecular weight excluding hydrogens is 456 g/mol. The van der Waals surface area contributed by atoms with E-state index in [1.54, 1.807) is 11.3 Å². The average Bonchev–Trinajstić information content (AvgIpc) is 3.30. The second kappa shape index (κ2) is 10.5. The van der Waals surface area contributed by atoms with Gasteiger partial charge in [0.2, 0.25) is 4.80 Å². The van der Waals surface area contributed by atoms with Crippen LogP contribution in [-0.4, -0.2) is 29.9 Å². The molecule has 1 aromatic heterocycles. The fourth-order valence-corrected chi connectivity index (χ4v) is 4.71. The lowest BCUT2D eigenvalue weighted by Gasteiger charge is -2.18. The van der Waals surface area contributed by atoms with Crippen molar-refractivity contribution in [3.63, 3.8) is 0 Å². The highest BCUT2D eigenvalue weighted by atomic mass is 32.1. The van der Waals surface area contributed by atoms with Gasteiger partial charge >= 0.3 is 0 Å². The van der Waals surface area contributed by atoms with Crippen LogP contribution in [0.1, 0.15) is 23.6 Å². The molecule has 0 radical (unpaired) electrons. The first kappa shape index (κ1) is 22.8. The van der Waals surface area contributed by atoms with Gasteiger partial charge in [-0.1, -0.05) is 61.5 Å². The minimum Gasteiger partial charge on any atom is -0.482 e. The molecule has 1 aliphatic rings. The molecule has 4 aromatic rings. The lowest BCUT2D eigenvalue weighted by molar-refractivity contribution is -0.118. The Morgan fingerprint density at radius 2 is 1.89 bits per heavy atom. The molecule has 3 aromatic carbocycles. The first-order chi connectivity index (χ1) is 17.2. The van der Waals surface area contributed by atoms with Gasteiger partial charge in [0.1, 0.15) is 5.75 Å². The monoisotopic (exact) mass is 482 g/mol. The third-order valence-electron chi connectivity index (χ3n) is 5.79. The first-order valence-electron chi connectivity index (χ1n) is 11.6. The van der Waals surface area contributed by atoms with E-state index in [9.17, 15) is 4.79 Å². The van der Waals surface area contributed by atoms with E-state index < -0.39 is 0 Å². The summed E-state index contributed by atoms with van der Waals surface area (Å²) in [6.07, 6.45) is 3.72. The molecule has 0 atom stereocenters. The van der Waals surface area contributed by atoms with Crippen LogP contribution >= 0.6 is 11.3 Å². The van der Waals surface area contributed by atoms with Crippen LogP contribution in [0, 0.1) is 0 Å². The van der Waals surface area contributed by atoms with Gasteiger partial charge in [-0.15, -0.1) is 11.3 Å². The number of nitrogens with zero attached hydrogens (tertiary/aromatic N) is 3. The maximum absolute atomic E-state index is 11.8. The minimum absolute atomic E-state index is 0.0381. The molecule has 7 heteroatoms. The Labute approximate surface area is 208 Å². The molecule has 1 N–H and O–H groups in total. The highest BCUT2D eigenvalue weighted by Crippen LogP contribution is 2.32. The molecule has 0 spiro atoms. The van der Waals surface area contributed by atoms with Gasteiger partial charge < -0.3 is 10.1 Å². The predicted octanol–water partition coefficient (Wildman–Crippen LogP) is 5.14. The number of benzene rings is 3. The van der Waals surface area contributed by atoms with Crippen molar-refractivity contribution >= 4 is 29.1 Å². The molecular formula is C28H26N4O2S. The number of carbonyl (C=O) groups is 1. The lowest BCUT2D eigenvalue weighted by Crippen LogP contribution is -2.25. The van der Waals surface area contributed by atoms with Crippen molar-refractivity contribution in [3.05, 3.63) is 99.7 Å². The van der Waals surface area contributed by atoms with Gasteiger partial charge in [0.05, 0.1) is 17.6 Å². The fourth-order valence-electron chi connectivity index (χ4n) is 3.85. The van der Waals surface area contributed by atoms with E-state index >= 15 is 0 Å². The molecule has 35 heavy (non-hydrogen) atoms. The van der Waals surface area contributed by atoms with E-state index in [1.165, 1.54) is 11.1 Å². The van der Waals surface area contributed by atoms with Gasteiger partial charge in [0, 0.05) is 17.5 Å². The molecule has 1 amide bonds. The summed E-state index contributed by atoms with van der Waals surface area (Å²) < 4.78 is 7.39. The Bertz CT molecular complexity index is 1420. The summed E-state index contributed by atoms with van der Waals surface area (Å²) in [4.78, 5) is 17.5. The summed E-state index contributed by atoms with van der Waals surface area (Å²) in [6, 6.07) is 24.5. The zero-order chi connectivity index (χ0) is 24.0. The van der Waals surface area contributed by atoms with E-state index in [4.69, 9.17) is 14.8 Å². The van der Waals surface area contributed by atoms with Crippen molar-refractivity contribution in [1.82, 2.24) is 4.68 Å². The second-order valence-electron chi connectivity index (χ2n) is 8.22. The highest BCUT2D eigenvalue weighted by Gasteiger charge is 2.17. The number of fused-ring (bicyclic) bond motifs is 1. The number of amides is 1. The third-order valence-corrected chi connectivity index (χ3v) is 6.65. The normalized spacial score (nSPS) is 13.5. The van der Waals surface area contributed by atoms with Gasteiger partial charge in [0.25, 0.3) is 5.91 Å². The van der Waals surface area contributed by atoms with Crippen LogP contribution in [0.5, 0.6) is 5.75 Å². The second-order valence-corrected chi connectivity index (χ2v) is 9.06. The quantitative estimate of drug-likeness (QED) is 0.371. The standard InChI is InChI=1S/C28H26N4O2S/c1-2-20-8-10-22(11-9-20)17-30-32-25(23-12-13-26-24(16-23)31-27(33)18-34-26)19-35-28(32)29-15-14-21-6-4-3-5-7-21/h3-13,16-17,19H,2,14-15,18H2,1H3,(H,31,33). The summed E-state index contributed by atoms with van der Waals surface area (Å²) in [5.41, 5.74) is 6.06. The van der Waals surface area contributed by atoms with Gasteiger partial charge in [0.15, 0.2) is 6.61 Å². The number of ether oxygens (including phenoxy) is 1. The predicted molar refractivity (Wildman–Crippen MR) is 141 cm³/mol. The van der Waals surface area contributed by atoms with E-state index in [-0.39, 0.29) is 12.5 Å². The Balaban J connectivity index is 1.50. The Kier molecular flexibility index (Phi) is 6.86. The first-order valence-corrected chi connectivity index (χ1v) is 12.5. The molecule has 0 fully saturated rings. The molecule has 0 bridgehead atoms. The molecule has 0 saturated heterocycles. The maximum atomic E-state index is 11.8. The zero-order valence-electron chi connectivity index (χ0n) is 19.5. The Hall–Kier alpha value is -3.97. The number of hydrogen-bond donors (Lipinski definition) is 1. The summed E-state index contributed by atoms with van der Waals surface area (Å²) >= 11 is 1.55. The summed E-state index contributed by atoms with van der Waals surface area (Å²) in [5.74, 6) is 0.514. The van der Waals surface area contributed by atoms with Gasteiger partial charge in [-0.3, -0.25) is 9.79 Å². The Morgan fingerprint density at radius 3 is 2.69 bits per heavy atom. The molecule has 5 rings (SSSR count). The zero-order valence-corrected chi connectivity index (χ0v) is 20.3. The van der Waals surface area contributed by atoms with Crippen molar-refractivity contribution in [2.45, 2.75) is 19.8 Å². The lowest BCUT2D eigenvalue weighted by atomic mass is 10.1. The van der Waals surface area contributed by atoms with Crippen molar-refractivity contribution in [2.75, 3.05) is 18.5 Å². The van der Waals surface area contributed by atoms with Crippen LogP contribution in [0.25, 0.3) is 11.3 Å². The van der Waals surface area contributed by atoms with Crippen molar-refractivity contribution in [2.24, 2.45) is 10.1 Å². The van der Waals surface area contributed by atoms with E-state index in [0.29, 0.717) is 18.0 Å². The van der Waals surface area contributed by atoms with Crippen LogP contribution in [0.3, 0.4) is 0 Å². The number of nitrogens with one attached hydrogen (secondary N) is 1. The summed E-state index contributed by atoms with van der Waals surface area (Å²) in [6.45, 7) is 2.85. The van der Waals surface area contributed by atoms with E-state index in [1.807, 2.05) is 52.7 Å². The number of rotatable bonds is 7. The summed E-state index contributed by atoms with van der Waals surface area (Å²) in [5, 5.41) is 9.74. The molecule has 1 aliphatic heterocycles. The maximum Gasteiger partial charge on any atom is 0.262 e. The number of aromatic nitrogens is 1. The molecule has 0 saturated carbocycles. The van der Waals surface area contributed by atoms with Gasteiger partial charge in [-0.25, -0.2) is 4.68 Å². The largest absolute Gasteiger partial charge is 0.482 e. The number of anilines is 1. The number of hydrogen-bond acceptors (Lipinski definition) is 5. The number of aryl methyl sites for hydroxylation is 1. The van der Waals surface area contributed by atoms with Crippen molar-refractivity contribution in [1.29, 1.82) is 0 Å². The van der Waals surface area contributed by atoms with Crippen molar-refractivity contribution in [3.8, 4) is 17.0 Å². The third kappa shape index (κ3) is 5.41. The topological polar surface area (TPSA) is 68.0 Å². The molecule has 0 aliphatic carbocycles.